The van der Waals surface area contributed by atoms with Gasteiger partial charge in [0.2, 0.25) is 11.8 Å². The second-order valence-electron chi connectivity index (χ2n) is 6.85. The summed E-state index contributed by atoms with van der Waals surface area (Å²) >= 11 is 0. The summed E-state index contributed by atoms with van der Waals surface area (Å²) < 4.78 is 0. The van der Waals surface area contributed by atoms with Crippen molar-refractivity contribution in [2.45, 2.75) is 70.4 Å². The normalized spacial score (nSPS) is 33.6. The Labute approximate surface area is 127 Å². The second-order valence-corrected chi connectivity index (χ2v) is 6.85. The van der Waals surface area contributed by atoms with Gasteiger partial charge >= 0.3 is 0 Å². The zero-order valence-electron chi connectivity index (χ0n) is 13.4. The minimum absolute atomic E-state index is 0.0631. The van der Waals surface area contributed by atoms with Gasteiger partial charge in [0.25, 0.3) is 0 Å². The quantitative estimate of drug-likeness (QED) is 0.826. The molecule has 0 radical (unpaired) electrons. The van der Waals surface area contributed by atoms with Gasteiger partial charge in [-0.1, -0.05) is 19.8 Å². The number of likely N-dealkylation sites (tertiary alicyclic amines) is 1. The number of hydrogen-bond donors (Lipinski definition) is 2. The van der Waals surface area contributed by atoms with Crippen molar-refractivity contribution in [3.63, 3.8) is 0 Å². The first-order valence-corrected chi connectivity index (χ1v) is 8.31. The highest BCUT2D eigenvalue weighted by atomic mass is 16.2. The van der Waals surface area contributed by atoms with Crippen molar-refractivity contribution in [1.82, 2.24) is 10.2 Å². The van der Waals surface area contributed by atoms with E-state index in [-0.39, 0.29) is 29.3 Å². The lowest BCUT2D eigenvalue weighted by atomic mass is 9.74. The third-order valence-electron chi connectivity index (χ3n) is 4.97. The van der Waals surface area contributed by atoms with Gasteiger partial charge in [-0.2, -0.15) is 0 Å². The van der Waals surface area contributed by atoms with Gasteiger partial charge in [0.15, 0.2) is 0 Å². The number of carbonyl (C=O) groups excluding carboxylic acids is 2. The van der Waals surface area contributed by atoms with Crippen LogP contribution in [0.5, 0.6) is 0 Å². The fourth-order valence-corrected chi connectivity index (χ4v) is 3.61. The van der Waals surface area contributed by atoms with Crippen molar-refractivity contribution >= 4 is 11.8 Å². The Morgan fingerprint density at radius 2 is 2.05 bits per heavy atom. The van der Waals surface area contributed by atoms with Gasteiger partial charge in [-0.25, -0.2) is 0 Å². The summed E-state index contributed by atoms with van der Waals surface area (Å²) in [6.45, 7) is 5.29. The summed E-state index contributed by atoms with van der Waals surface area (Å²) in [5.41, 5.74) is 5.97. The number of carbonyl (C=O) groups is 2. The molecule has 1 heterocycles. The lowest BCUT2D eigenvalue weighted by molar-refractivity contribution is -0.141. The van der Waals surface area contributed by atoms with Crippen LogP contribution < -0.4 is 11.1 Å². The van der Waals surface area contributed by atoms with Gasteiger partial charge in [0, 0.05) is 31.1 Å². The average Bonchev–Trinajstić information content (AvgIpc) is 2.46. The third-order valence-corrected chi connectivity index (χ3v) is 4.97. The molecule has 0 aromatic heterocycles. The van der Waals surface area contributed by atoms with Gasteiger partial charge in [0.05, 0.1) is 5.92 Å². The monoisotopic (exact) mass is 295 g/mol. The van der Waals surface area contributed by atoms with E-state index >= 15 is 0 Å². The Bertz CT molecular complexity index is 395. The summed E-state index contributed by atoms with van der Waals surface area (Å²) in [6.07, 6.45) is 6.43. The molecule has 120 valence electrons. The fourth-order valence-electron chi connectivity index (χ4n) is 3.61. The van der Waals surface area contributed by atoms with Crippen LogP contribution in [0.25, 0.3) is 0 Å². The molecule has 0 bridgehead atoms. The first-order chi connectivity index (χ1) is 9.94. The van der Waals surface area contributed by atoms with Crippen molar-refractivity contribution < 1.29 is 9.59 Å². The molecule has 2 rings (SSSR count). The Hall–Kier alpha value is -1.10. The molecule has 2 amide bonds. The number of rotatable bonds is 3. The van der Waals surface area contributed by atoms with Crippen molar-refractivity contribution in [2.24, 2.45) is 11.7 Å². The van der Waals surface area contributed by atoms with E-state index in [2.05, 4.69) is 5.32 Å². The van der Waals surface area contributed by atoms with Crippen LogP contribution in [0.15, 0.2) is 0 Å². The molecule has 3 N–H and O–H groups in total. The van der Waals surface area contributed by atoms with E-state index in [1.807, 2.05) is 18.7 Å². The Kier molecular flexibility index (Phi) is 5.25. The van der Waals surface area contributed by atoms with E-state index in [1.165, 1.54) is 0 Å². The molecule has 0 spiro atoms. The first kappa shape index (κ1) is 16.3. The molecule has 0 aromatic carbocycles. The smallest absolute Gasteiger partial charge is 0.227 e. The second kappa shape index (κ2) is 6.77. The molecule has 5 nitrogen and oxygen atoms in total. The molecule has 1 saturated carbocycles. The van der Waals surface area contributed by atoms with Crippen LogP contribution in [-0.4, -0.2) is 41.4 Å². The van der Waals surface area contributed by atoms with Crippen LogP contribution in [0.1, 0.15) is 58.8 Å². The van der Waals surface area contributed by atoms with Crippen LogP contribution in [0.4, 0.5) is 0 Å². The molecule has 2 aliphatic rings. The largest absolute Gasteiger partial charge is 0.352 e. The molecule has 5 heteroatoms. The number of piperidine rings is 1. The van der Waals surface area contributed by atoms with Crippen molar-refractivity contribution in [3.05, 3.63) is 0 Å². The van der Waals surface area contributed by atoms with Crippen LogP contribution in [0, 0.1) is 5.92 Å². The van der Waals surface area contributed by atoms with Crippen LogP contribution >= 0.6 is 0 Å². The van der Waals surface area contributed by atoms with Crippen LogP contribution in [-0.2, 0) is 9.59 Å². The number of nitrogens with zero attached hydrogens (tertiary/aromatic N) is 1. The minimum atomic E-state index is -0.380. The van der Waals surface area contributed by atoms with E-state index in [1.54, 1.807) is 0 Å². The van der Waals surface area contributed by atoms with Crippen molar-refractivity contribution in [2.75, 3.05) is 13.1 Å². The van der Waals surface area contributed by atoms with Gasteiger partial charge in [-0.3, -0.25) is 9.59 Å². The van der Waals surface area contributed by atoms with E-state index in [0.29, 0.717) is 13.0 Å². The highest BCUT2D eigenvalue weighted by Crippen LogP contribution is 2.33. The molecular weight excluding hydrogens is 266 g/mol. The minimum Gasteiger partial charge on any atom is -0.352 e. The zero-order valence-corrected chi connectivity index (χ0v) is 13.4. The summed E-state index contributed by atoms with van der Waals surface area (Å²) in [7, 11) is 0. The summed E-state index contributed by atoms with van der Waals surface area (Å²) in [5.74, 6) is 0.192. The molecule has 2 fully saturated rings. The van der Waals surface area contributed by atoms with E-state index in [4.69, 9.17) is 5.73 Å². The maximum absolute atomic E-state index is 12.8. The maximum Gasteiger partial charge on any atom is 0.227 e. The van der Waals surface area contributed by atoms with Gasteiger partial charge in [-0.05, 0) is 32.6 Å². The summed E-state index contributed by atoms with van der Waals surface area (Å²) in [5, 5.41) is 3.01. The standard InChI is InChI=1S/C16H29N3O2/c1-3-14(20)18-12-7-6-10-19(11-12)15(21)13-8-4-5-9-16(13,2)17/h12-13H,3-11,17H2,1-2H3,(H,18,20). The Morgan fingerprint density at radius 1 is 1.29 bits per heavy atom. The van der Waals surface area contributed by atoms with E-state index in [0.717, 1.165) is 45.1 Å². The van der Waals surface area contributed by atoms with E-state index in [9.17, 15) is 9.59 Å². The lowest BCUT2D eigenvalue weighted by Gasteiger charge is -2.42. The molecule has 1 aliphatic heterocycles. The van der Waals surface area contributed by atoms with Gasteiger partial charge in [0.1, 0.15) is 0 Å². The molecule has 3 atom stereocenters. The number of nitrogens with two attached hydrogens (primary N) is 1. The van der Waals surface area contributed by atoms with Crippen molar-refractivity contribution in [3.8, 4) is 0 Å². The van der Waals surface area contributed by atoms with Gasteiger partial charge < -0.3 is 16.0 Å². The Balaban J connectivity index is 1.96. The molecular formula is C16H29N3O2. The molecule has 1 aliphatic carbocycles. The highest BCUT2D eigenvalue weighted by Gasteiger charge is 2.40. The Morgan fingerprint density at radius 3 is 2.71 bits per heavy atom. The van der Waals surface area contributed by atoms with E-state index < -0.39 is 0 Å². The highest BCUT2D eigenvalue weighted by molar-refractivity contribution is 5.81. The topological polar surface area (TPSA) is 75.4 Å². The summed E-state index contributed by atoms with van der Waals surface area (Å²) in [6, 6.07) is 0.0998. The lowest BCUT2D eigenvalue weighted by Crippen LogP contribution is -2.57. The first-order valence-electron chi connectivity index (χ1n) is 8.31. The molecule has 1 saturated heterocycles. The van der Waals surface area contributed by atoms with Crippen LogP contribution in [0.3, 0.4) is 0 Å². The molecule has 0 aromatic rings. The summed E-state index contributed by atoms with van der Waals surface area (Å²) in [4.78, 5) is 26.3. The predicted molar refractivity (Wildman–Crippen MR) is 82.6 cm³/mol. The number of amides is 2. The SMILES string of the molecule is CCC(=O)NC1CCCN(C(=O)C2CCCCC2(C)N)C1. The maximum atomic E-state index is 12.8. The molecule has 21 heavy (non-hydrogen) atoms. The number of hydrogen-bond acceptors (Lipinski definition) is 3. The van der Waals surface area contributed by atoms with Crippen molar-refractivity contribution in [1.29, 1.82) is 0 Å². The average molecular weight is 295 g/mol. The third kappa shape index (κ3) is 3.96. The fraction of sp³-hybridized carbons (Fsp3) is 0.875. The zero-order chi connectivity index (χ0) is 15.5. The van der Waals surface area contributed by atoms with Gasteiger partial charge in [-0.15, -0.1) is 0 Å². The molecule has 3 unspecified atom stereocenters. The van der Waals surface area contributed by atoms with Crippen LogP contribution in [0.2, 0.25) is 0 Å². The number of nitrogens with one attached hydrogen (secondary N) is 1. The predicted octanol–water partition coefficient (Wildman–Crippen LogP) is 1.41.